The topological polar surface area (TPSA) is 106 Å². The predicted molar refractivity (Wildman–Crippen MR) is 86.7 cm³/mol. The van der Waals surface area contributed by atoms with Crippen molar-refractivity contribution >= 4 is 11.7 Å². The van der Waals surface area contributed by atoms with Crippen molar-refractivity contribution in [3.63, 3.8) is 0 Å². The molecule has 1 aromatic heterocycles. The number of nitro groups is 1. The average molecular weight is 347 g/mol. The van der Waals surface area contributed by atoms with Gasteiger partial charge >= 0.3 is 11.7 Å². The second-order valence-corrected chi connectivity index (χ2v) is 5.38. The summed E-state index contributed by atoms with van der Waals surface area (Å²) in [6.45, 7) is 1.49. The molecule has 0 bridgehead atoms. The van der Waals surface area contributed by atoms with Crippen LogP contribution in [0.5, 0.6) is 5.75 Å². The Labute approximate surface area is 143 Å². The lowest BCUT2D eigenvalue weighted by atomic mass is 10.1. The van der Waals surface area contributed by atoms with E-state index in [-0.39, 0.29) is 17.1 Å². The van der Waals surface area contributed by atoms with Gasteiger partial charge in [-0.25, -0.2) is 9.78 Å². The van der Waals surface area contributed by atoms with Gasteiger partial charge in [0.2, 0.25) is 0 Å². The van der Waals surface area contributed by atoms with Crippen LogP contribution in [0, 0.1) is 10.1 Å². The molecule has 2 aromatic rings. The van der Waals surface area contributed by atoms with Gasteiger partial charge in [0, 0.05) is 24.6 Å². The van der Waals surface area contributed by atoms with Crippen LogP contribution in [-0.2, 0) is 22.4 Å². The van der Waals surface area contributed by atoms with Gasteiger partial charge in [-0.1, -0.05) is 0 Å². The third-order valence-corrected chi connectivity index (χ3v) is 4.03. The number of nitro benzene ring substituents is 1. The summed E-state index contributed by atoms with van der Waals surface area (Å²) in [6.07, 6.45) is 0.529. The van der Waals surface area contributed by atoms with Crippen molar-refractivity contribution in [3.8, 4) is 17.1 Å². The molecule has 3 rings (SSSR count). The molecule has 1 aliphatic heterocycles. The Bertz CT molecular complexity index is 830. The van der Waals surface area contributed by atoms with Crippen LogP contribution in [-0.4, -0.2) is 47.9 Å². The number of carbonyl (C=O) groups excluding carboxylic acids is 1. The van der Waals surface area contributed by atoms with E-state index in [1.807, 2.05) is 4.57 Å². The van der Waals surface area contributed by atoms with Crippen LogP contribution in [0.2, 0.25) is 0 Å². The van der Waals surface area contributed by atoms with E-state index >= 15 is 0 Å². The minimum absolute atomic E-state index is 0.129. The number of fused-ring (bicyclic) bond motifs is 1. The summed E-state index contributed by atoms with van der Waals surface area (Å²) in [5.74, 6) is 0.129. The van der Waals surface area contributed by atoms with E-state index in [0.717, 1.165) is 5.69 Å². The smallest absolute Gasteiger partial charge is 0.358 e. The monoisotopic (exact) mass is 347 g/mol. The minimum Gasteiger partial charge on any atom is -0.490 e. The van der Waals surface area contributed by atoms with Crippen molar-refractivity contribution in [2.24, 2.45) is 0 Å². The van der Waals surface area contributed by atoms with Crippen molar-refractivity contribution in [3.05, 3.63) is 39.7 Å². The molecular formula is C16H17N3O6. The zero-order valence-corrected chi connectivity index (χ0v) is 13.9. The molecule has 1 aliphatic rings. The number of imidazole rings is 1. The van der Waals surface area contributed by atoms with Crippen molar-refractivity contribution in [1.82, 2.24) is 9.55 Å². The highest BCUT2D eigenvalue weighted by molar-refractivity contribution is 5.89. The molecule has 25 heavy (non-hydrogen) atoms. The molecule has 9 heteroatoms. The Kier molecular flexibility index (Phi) is 4.66. The summed E-state index contributed by atoms with van der Waals surface area (Å²) in [5.41, 5.74) is 1.45. The van der Waals surface area contributed by atoms with E-state index in [9.17, 15) is 14.9 Å². The molecule has 0 saturated heterocycles. The van der Waals surface area contributed by atoms with Crippen molar-refractivity contribution in [1.29, 1.82) is 0 Å². The highest BCUT2D eigenvalue weighted by Gasteiger charge is 2.26. The summed E-state index contributed by atoms with van der Waals surface area (Å²) in [6, 6.07) is 4.49. The number of hydrogen-bond acceptors (Lipinski definition) is 7. The summed E-state index contributed by atoms with van der Waals surface area (Å²) in [4.78, 5) is 27.0. The molecule has 0 N–H and O–H groups in total. The number of benzene rings is 1. The molecule has 0 amide bonds. The second kappa shape index (κ2) is 6.89. The van der Waals surface area contributed by atoms with Crippen LogP contribution in [0.3, 0.4) is 0 Å². The summed E-state index contributed by atoms with van der Waals surface area (Å²) in [7, 11) is 2.67. The highest BCUT2D eigenvalue weighted by Crippen LogP contribution is 2.33. The van der Waals surface area contributed by atoms with Crippen LogP contribution in [0.4, 0.5) is 5.69 Å². The first-order chi connectivity index (χ1) is 12.1. The van der Waals surface area contributed by atoms with E-state index < -0.39 is 10.9 Å². The lowest BCUT2D eigenvalue weighted by molar-refractivity contribution is -0.385. The lowest BCUT2D eigenvalue weighted by Crippen LogP contribution is -2.09. The van der Waals surface area contributed by atoms with Gasteiger partial charge in [-0.2, -0.15) is 0 Å². The standard InChI is InChI=1S/C16H17N3O6/c1-23-13-9-10(3-4-11(13)19(21)22)15-17-14(16(20)24-2)12-5-7-25-8-6-18(12)15/h3-4,9H,5-8H2,1-2H3. The number of aromatic nitrogens is 2. The first kappa shape index (κ1) is 16.9. The van der Waals surface area contributed by atoms with Gasteiger partial charge in [-0.05, 0) is 12.1 Å². The number of nitrogens with zero attached hydrogens (tertiary/aromatic N) is 3. The van der Waals surface area contributed by atoms with Crippen molar-refractivity contribution < 1.29 is 23.9 Å². The maximum atomic E-state index is 12.1. The second-order valence-electron chi connectivity index (χ2n) is 5.38. The van der Waals surface area contributed by atoms with Crippen LogP contribution < -0.4 is 4.74 Å². The highest BCUT2D eigenvalue weighted by atomic mass is 16.6. The third kappa shape index (κ3) is 3.05. The fourth-order valence-electron chi connectivity index (χ4n) is 2.86. The van der Waals surface area contributed by atoms with Gasteiger partial charge in [0.25, 0.3) is 0 Å². The Morgan fingerprint density at radius 3 is 2.84 bits per heavy atom. The molecule has 0 unspecified atom stereocenters. The summed E-state index contributed by atoms with van der Waals surface area (Å²) >= 11 is 0. The quantitative estimate of drug-likeness (QED) is 0.472. The van der Waals surface area contributed by atoms with Crippen LogP contribution in [0.1, 0.15) is 16.2 Å². The maximum Gasteiger partial charge on any atom is 0.358 e. The molecule has 2 heterocycles. The Hall–Kier alpha value is -2.94. The molecule has 0 saturated carbocycles. The summed E-state index contributed by atoms with van der Waals surface area (Å²) in [5, 5.41) is 11.1. The number of methoxy groups -OCH3 is 2. The van der Waals surface area contributed by atoms with Crippen LogP contribution in [0.25, 0.3) is 11.4 Å². The molecule has 0 atom stereocenters. The SMILES string of the molecule is COC(=O)c1nc(-c2ccc([N+](=O)[O-])c(OC)c2)n2c1CCOCC2. The van der Waals surface area contributed by atoms with Gasteiger partial charge in [0.15, 0.2) is 11.4 Å². The molecule has 1 aromatic carbocycles. The number of hydrogen-bond donors (Lipinski definition) is 0. The van der Waals surface area contributed by atoms with Gasteiger partial charge in [0.1, 0.15) is 5.82 Å². The Morgan fingerprint density at radius 2 is 2.16 bits per heavy atom. The van der Waals surface area contributed by atoms with Gasteiger partial charge in [-0.3, -0.25) is 10.1 Å². The normalized spacial score (nSPS) is 13.7. The fourth-order valence-corrected chi connectivity index (χ4v) is 2.86. The maximum absolute atomic E-state index is 12.1. The van der Waals surface area contributed by atoms with Crippen molar-refractivity contribution in [2.45, 2.75) is 13.0 Å². The predicted octanol–water partition coefficient (Wildman–Crippen LogP) is 1.83. The Balaban J connectivity index is 2.15. The Morgan fingerprint density at radius 1 is 1.36 bits per heavy atom. The molecule has 0 radical (unpaired) electrons. The zero-order valence-electron chi connectivity index (χ0n) is 13.9. The molecular weight excluding hydrogens is 330 g/mol. The third-order valence-electron chi connectivity index (χ3n) is 4.03. The average Bonchev–Trinajstić information content (AvgIpc) is 2.81. The lowest BCUT2D eigenvalue weighted by Gasteiger charge is -2.09. The molecule has 0 fully saturated rings. The van der Waals surface area contributed by atoms with E-state index in [1.165, 1.54) is 20.3 Å². The van der Waals surface area contributed by atoms with Gasteiger partial charge < -0.3 is 18.8 Å². The van der Waals surface area contributed by atoms with Crippen molar-refractivity contribution in [2.75, 3.05) is 27.4 Å². The summed E-state index contributed by atoms with van der Waals surface area (Å²) < 4.78 is 17.3. The molecule has 0 aliphatic carbocycles. The van der Waals surface area contributed by atoms with Crippen LogP contribution >= 0.6 is 0 Å². The number of ether oxygens (including phenoxy) is 3. The fraction of sp³-hybridized carbons (Fsp3) is 0.375. The largest absolute Gasteiger partial charge is 0.490 e. The molecule has 9 nitrogen and oxygen atoms in total. The number of esters is 1. The van der Waals surface area contributed by atoms with E-state index in [0.29, 0.717) is 37.6 Å². The van der Waals surface area contributed by atoms with Gasteiger partial charge in [-0.15, -0.1) is 0 Å². The van der Waals surface area contributed by atoms with Gasteiger partial charge in [0.05, 0.1) is 38.1 Å². The number of rotatable bonds is 4. The molecule has 132 valence electrons. The van der Waals surface area contributed by atoms with Crippen LogP contribution in [0.15, 0.2) is 18.2 Å². The first-order valence-corrected chi connectivity index (χ1v) is 7.65. The van der Waals surface area contributed by atoms with E-state index in [2.05, 4.69) is 4.98 Å². The van der Waals surface area contributed by atoms with E-state index in [4.69, 9.17) is 14.2 Å². The van der Waals surface area contributed by atoms with E-state index in [1.54, 1.807) is 12.1 Å². The molecule has 0 spiro atoms. The zero-order chi connectivity index (χ0) is 18.0. The minimum atomic E-state index is -0.522. The first-order valence-electron chi connectivity index (χ1n) is 7.65. The number of carbonyl (C=O) groups is 1.